The van der Waals surface area contributed by atoms with Crippen LogP contribution in [0.15, 0.2) is 22.7 Å². The van der Waals surface area contributed by atoms with Gasteiger partial charge in [0.1, 0.15) is 6.04 Å². The monoisotopic (exact) mass is 424 g/mol. The second-order valence-electron chi connectivity index (χ2n) is 7.23. The summed E-state index contributed by atoms with van der Waals surface area (Å²) in [4.78, 5) is 39.3. The summed E-state index contributed by atoms with van der Waals surface area (Å²) < 4.78 is 0.730. The molecule has 1 aromatic carbocycles. The van der Waals surface area contributed by atoms with Gasteiger partial charge in [-0.3, -0.25) is 19.3 Å². The number of rotatable bonds is 3. The van der Waals surface area contributed by atoms with Crippen molar-refractivity contribution in [3.05, 3.63) is 27.7 Å². The molecule has 0 spiro atoms. The SMILES string of the molecule is C[C@@H](C(=O)Nc1ccc(Br)c(Cl)c1)N1C(=O)[C@@H]2[C@H]3CC[C@@H](C3)[C@@H]2C1=O. The summed E-state index contributed by atoms with van der Waals surface area (Å²) in [6, 6.07) is 4.24. The lowest BCUT2D eigenvalue weighted by Crippen LogP contribution is -2.46. The average molecular weight is 426 g/mol. The molecular formula is C18H18BrClN2O3. The van der Waals surface area contributed by atoms with Gasteiger partial charge in [-0.15, -0.1) is 0 Å². The minimum absolute atomic E-state index is 0.168. The third-order valence-corrected chi connectivity index (χ3v) is 7.15. The van der Waals surface area contributed by atoms with Crippen LogP contribution >= 0.6 is 27.5 Å². The van der Waals surface area contributed by atoms with Gasteiger partial charge in [-0.1, -0.05) is 11.6 Å². The smallest absolute Gasteiger partial charge is 0.247 e. The molecule has 3 amide bonds. The van der Waals surface area contributed by atoms with Crippen molar-refractivity contribution >= 4 is 50.9 Å². The Morgan fingerprint density at radius 2 is 1.84 bits per heavy atom. The summed E-state index contributed by atoms with van der Waals surface area (Å²) in [5, 5.41) is 3.22. The van der Waals surface area contributed by atoms with Crippen molar-refractivity contribution in [1.29, 1.82) is 0 Å². The van der Waals surface area contributed by atoms with Gasteiger partial charge >= 0.3 is 0 Å². The number of benzene rings is 1. The molecule has 2 saturated carbocycles. The van der Waals surface area contributed by atoms with Crippen LogP contribution < -0.4 is 5.32 Å². The molecule has 0 aromatic heterocycles. The van der Waals surface area contributed by atoms with Crippen LogP contribution in [-0.2, 0) is 14.4 Å². The van der Waals surface area contributed by atoms with Gasteiger partial charge in [-0.25, -0.2) is 0 Å². The Morgan fingerprint density at radius 3 is 2.40 bits per heavy atom. The molecule has 132 valence electrons. The fourth-order valence-corrected chi connectivity index (χ4v) is 5.18. The number of hydrogen-bond donors (Lipinski definition) is 1. The standard InChI is InChI=1S/C18H18BrClN2O3/c1-8(16(23)21-11-4-5-12(19)13(20)7-11)22-17(24)14-9-2-3-10(6-9)15(14)18(22)25/h4-5,7-10,14-15H,2-3,6H2,1H3,(H,21,23)/t8-,9-,10-,14-,15+/m0/s1. The number of nitrogens with zero attached hydrogens (tertiary/aromatic N) is 1. The van der Waals surface area contributed by atoms with Crippen LogP contribution in [0.2, 0.25) is 5.02 Å². The molecule has 25 heavy (non-hydrogen) atoms. The zero-order valence-electron chi connectivity index (χ0n) is 13.7. The second kappa shape index (κ2) is 6.09. The van der Waals surface area contributed by atoms with Gasteiger partial charge in [0.2, 0.25) is 17.7 Å². The van der Waals surface area contributed by atoms with Crippen LogP contribution in [0.1, 0.15) is 26.2 Å². The largest absolute Gasteiger partial charge is 0.324 e. The Hall–Kier alpha value is -1.40. The Morgan fingerprint density at radius 1 is 1.24 bits per heavy atom. The van der Waals surface area contributed by atoms with Crippen LogP contribution in [-0.4, -0.2) is 28.7 Å². The van der Waals surface area contributed by atoms with E-state index < -0.39 is 6.04 Å². The van der Waals surface area contributed by atoms with Gasteiger partial charge in [0.05, 0.1) is 16.9 Å². The molecule has 2 aliphatic carbocycles. The highest BCUT2D eigenvalue weighted by molar-refractivity contribution is 9.10. The van der Waals surface area contributed by atoms with Crippen molar-refractivity contribution < 1.29 is 14.4 Å². The number of hydrogen-bond acceptors (Lipinski definition) is 3. The summed E-state index contributed by atoms with van der Waals surface area (Å²) >= 11 is 9.33. The number of nitrogens with one attached hydrogen (secondary N) is 1. The maximum Gasteiger partial charge on any atom is 0.247 e. The van der Waals surface area contributed by atoms with E-state index in [0.717, 1.165) is 23.7 Å². The predicted octanol–water partition coefficient (Wildman–Crippen LogP) is 3.46. The summed E-state index contributed by atoms with van der Waals surface area (Å²) in [7, 11) is 0. The molecule has 5 atom stereocenters. The van der Waals surface area contributed by atoms with Gasteiger partial charge in [0.15, 0.2) is 0 Å². The molecule has 5 nitrogen and oxygen atoms in total. The highest BCUT2D eigenvalue weighted by Crippen LogP contribution is 2.56. The van der Waals surface area contributed by atoms with E-state index >= 15 is 0 Å². The third kappa shape index (κ3) is 2.61. The maximum atomic E-state index is 12.8. The first-order valence-electron chi connectivity index (χ1n) is 8.51. The normalized spacial score (nSPS) is 31.4. The fourth-order valence-electron chi connectivity index (χ4n) is 4.75. The fraction of sp³-hybridized carbons (Fsp3) is 0.500. The van der Waals surface area contributed by atoms with Crippen molar-refractivity contribution in [3.8, 4) is 0 Å². The molecule has 1 saturated heterocycles. The van der Waals surface area contributed by atoms with E-state index in [-0.39, 0.29) is 29.6 Å². The van der Waals surface area contributed by atoms with E-state index in [2.05, 4.69) is 21.2 Å². The quantitative estimate of drug-likeness (QED) is 0.754. The van der Waals surface area contributed by atoms with Crippen LogP contribution in [0, 0.1) is 23.7 Å². The number of fused-ring (bicyclic) bond motifs is 5. The van der Waals surface area contributed by atoms with Crippen LogP contribution in [0.25, 0.3) is 0 Å². The third-order valence-electron chi connectivity index (χ3n) is 5.92. The molecule has 0 unspecified atom stereocenters. The first-order valence-corrected chi connectivity index (χ1v) is 9.68. The molecule has 1 N–H and O–H groups in total. The van der Waals surface area contributed by atoms with E-state index in [4.69, 9.17) is 11.6 Å². The molecule has 1 heterocycles. The van der Waals surface area contributed by atoms with Crippen molar-refractivity contribution in [2.24, 2.45) is 23.7 Å². The minimum Gasteiger partial charge on any atom is -0.324 e. The lowest BCUT2D eigenvalue weighted by atomic mass is 9.81. The number of imide groups is 1. The van der Waals surface area contributed by atoms with E-state index in [1.165, 1.54) is 4.90 Å². The number of anilines is 1. The van der Waals surface area contributed by atoms with Crippen molar-refractivity contribution in [3.63, 3.8) is 0 Å². The first kappa shape index (κ1) is 17.0. The van der Waals surface area contributed by atoms with Crippen molar-refractivity contribution in [1.82, 2.24) is 4.90 Å². The van der Waals surface area contributed by atoms with Crippen LogP contribution in [0.3, 0.4) is 0 Å². The number of carbonyl (C=O) groups excluding carboxylic acids is 3. The van der Waals surface area contributed by atoms with Gasteiger partial charge < -0.3 is 5.32 Å². The van der Waals surface area contributed by atoms with Gasteiger partial charge in [-0.05, 0) is 72.2 Å². The summed E-state index contributed by atoms with van der Waals surface area (Å²) in [6.07, 6.45) is 3.03. The zero-order valence-corrected chi connectivity index (χ0v) is 16.0. The number of likely N-dealkylation sites (tertiary alicyclic amines) is 1. The molecule has 2 bridgehead atoms. The van der Waals surface area contributed by atoms with E-state index in [9.17, 15) is 14.4 Å². The molecule has 1 aromatic rings. The number of halogens is 2. The Balaban J connectivity index is 1.51. The molecule has 0 radical (unpaired) electrons. The highest BCUT2D eigenvalue weighted by Gasteiger charge is 2.62. The van der Waals surface area contributed by atoms with E-state index in [1.54, 1.807) is 25.1 Å². The number of amides is 3. The van der Waals surface area contributed by atoms with Crippen molar-refractivity contribution in [2.75, 3.05) is 5.32 Å². The van der Waals surface area contributed by atoms with Gasteiger partial charge in [-0.2, -0.15) is 0 Å². The van der Waals surface area contributed by atoms with Crippen molar-refractivity contribution in [2.45, 2.75) is 32.2 Å². The lowest BCUT2D eigenvalue weighted by Gasteiger charge is -2.23. The summed E-state index contributed by atoms with van der Waals surface area (Å²) in [5.41, 5.74) is 0.532. The topological polar surface area (TPSA) is 66.5 Å². The lowest BCUT2D eigenvalue weighted by molar-refractivity contribution is -0.146. The summed E-state index contributed by atoms with van der Waals surface area (Å²) in [5.74, 6) is -0.494. The summed E-state index contributed by atoms with van der Waals surface area (Å²) in [6.45, 7) is 1.61. The average Bonchev–Trinajstić information content (AvgIpc) is 3.24. The molecule has 7 heteroatoms. The number of carbonyl (C=O) groups is 3. The van der Waals surface area contributed by atoms with E-state index in [1.807, 2.05) is 0 Å². The molecule has 1 aliphatic heterocycles. The van der Waals surface area contributed by atoms with E-state index in [0.29, 0.717) is 22.5 Å². The highest BCUT2D eigenvalue weighted by atomic mass is 79.9. The maximum absolute atomic E-state index is 12.8. The van der Waals surface area contributed by atoms with Crippen LogP contribution in [0.4, 0.5) is 5.69 Å². The Bertz CT molecular complexity index is 756. The molecular weight excluding hydrogens is 408 g/mol. The molecule has 4 rings (SSSR count). The van der Waals surface area contributed by atoms with Gasteiger partial charge in [0, 0.05) is 10.2 Å². The van der Waals surface area contributed by atoms with Gasteiger partial charge in [0.25, 0.3) is 0 Å². The Kier molecular flexibility index (Phi) is 4.15. The first-order chi connectivity index (χ1) is 11.9. The predicted molar refractivity (Wildman–Crippen MR) is 96.9 cm³/mol. The second-order valence-corrected chi connectivity index (χ2v) is 8.49. The minimum atomic E-state index is -0.826. The zero-order chi connectivity index (χ0) is 17.9. The molecule has 3 fully saturated rings. The molecule has 3 aliphatic rings. The van der Waals surface area contributed by atoms with Crippen LogP contribution in [0.5, 0.6) is 0 Å². The Labute approximate surface area is 159 Å².